The van der Waals surface area contributed by atoms with Crippen molar-refractivity contribution in [2.24, 2.45) is 5.92 Å². The Bertz CT molecular complexity index is 1050. The molecule has 0 bridgehead atoms. The summed E-state index contributed by atoms with van der Waals surface area (Å²) in [6.45, 7) is 2.19. The Hall–Kier alpha value is -3.32. The van der Waals surface area contributed by atoms with Crippen LogP contribution in [0.4, 0.5) is 4.39 Å². The second-order valence-electron chi connectivity index (χ2n) is 8.04. The van der Waals surface area contributed by atoms with Crippen LogP contribution in [-0.2, 0) is 6.61 Å². The van der Waals surface area contributed by atoms with Gasteiger partial charge in [-0.05, 0) is 67.1 Å². The maximum absolute atomic E-state index is 13.4. The number of pyridine rings is 2. The third kappa shape index (κ3) is 5.24. The number of hydrogen-bond acceptors (Lipinski definition) is 5. The Morgan fingerprint density at radius 2 is 1.94 bits per heavy atom. The highest BCUT2D eigenvalue weighted by Gasteiger charge is 2.40. The molecule has 1 saturated carbocycles. The number of carbonyl (C=O) groups excluding carboxylic acids is 1. The standard InChI is InChI=1S/C24H24FN3O3/c1-24(30,19-4-5-19)15-28-22(29)18-12-21(17-2-6-20(25)7-3-17)23(27-13-18)31-14-16-8-10-26-11-9-16/h2-3,6-13,19,30H,4-5,14-15H2,1H3,(H,28,29)/t24-/m0/s1. The highest BCUT2D eigenvalue weighted by Crippen LogP contribution is 2.39. The summed E-state index contributed by atoms with van der Waals surface area (Å²) in [4.78, 5) is 21.0. The molecule has 1 aliphatic carbocycles. The number of halogens is 1. The number of nitrogens with zero attached hydrogens (tertiary/aromatic N) is 2. The Morgan fingerprint density at radius 3 is 2.61 bits per heavy atom. The number of nitrogens with one attached hydrogen (secondary N) is 1. The van der Waals surface area contributed by atoms with Crippen LogP contribution >= 0.6 is 0 Å². The molecule has 4 rings (SSSR count). The van der Waals surface area contributed by atoms with Crippen molar-refractivity contribution in [1.29, 1.82) is 0 Å². The summed E-state index contributed by atoms with van der Waals surface area (Å²) in [7, 11) is 0. The Morgan fingerprint density at radius 1 is 1.23 bits per heavy atom. The van der Waals surface area contributed by atoms with Crippen LogP contribution in [0.25, 0.3) is 11.1 Å². The quantitative estimate of drug-likeness (QED) is 0.579. The third-order valence-corrected chi connectivity index (χ3v) is 5.46. The number of aromatic nitrogens is 2. The van der Waals surface area contributed by atoms with Gasteiger partial charge >= 0.3 is 0 Å². The van der Waals surface area contributed by atoms with E-state index in [1.807, 2.05) is 12.1 Å². The van der Waals surface area contributed by atoms with E-state index in [0.717, 1.165) is 18.4 Å². The molecule has 31 heavy (non-hydrogen) atoms. The molecule has 0 aliphatic heterocycles. The number of carbonyl (C=O) groups is 1. The molecule has 0 radical (unpaired) electrons. The summed E-state index contributed by atoms with van der Waals surface area (Å²) in [5.41, 5.74) is 1.60. The van der Waals surface area contributed by atoms with Gasteiger partial charge in [-0.1, -0.05) is 12.1 Å². The van der Waals surface area contributed by atoms with E-state index in [4.69, 9.17) is 4.74 Å². The predicted octanol–water partition coefficient (Wildman–Crippen LogP) is 3.75. The molecule has 160 valence electrons. The van der Waals surface area contributed by atoms with Gasteiger partial charge in [-0.3, -0.25) is 9.78 Å². The first-order valence-electron chi connectivity index (χ1n) is 10.2. The van der Waals surface area contributed by atoms with E-state index in [-0.39, 0.29) is 30.8 Å². The van der Waals surface area contributed by atoms with E-state index < -0.39 is 5.60 Å². The first kappa shape index (κ1) is 20.9. The summed E-state index contributed by atoms with van der Waals surface area (Å²) < 4.78 is 19.3. The average molecular weight is 421 g/mol. The molecule has 6 nitrogen and oxygen atoms in total. The minimum absolute atomic E-state index is 0.169. The lowest BCUT2D eigenvalue weighted by Gasteiger charge is -2.23. The number of benzene rings is 1. The maximum Gasteiger partial charge on any atom is 0.252 e. The zero-order chi connectivity index (χ0) is 21.8. The molecular weight excluding hydrogens is 397 g/mol. The minimum Gasteiger partial charge on any atom is -0.472 e. The van der Waals surface area contributed by atoms with E-state index in [2.05, 4.69) is 15.3 Å². The Kier molecular flexibility index (Phi) is 5.95. The number of amides is 1. The summed E-state index contributed by atoms with van der Waals surface area (Å²) in [6, 6.07) is 11.3. The van der Waals surface area contributed by atoms with Gasteiger partial charge in [0.25, 0.3) is 5.91 Å². The van der Waals surface area contributed by atoms with Crippen molar-refractivity contribution in [2.45, 2.75) is 32.0 Å². The van der Waals surface area contributed by atoms with E-state index in [0.29, 0.717) is 22.6 Å². The van der Waals surface area contributed by atoms with Gasteiger partial charge in [0.15, 0.2) is 0 Å². The molecule has 1 fully saturated rings. The second kappa shape index (κ2) is 8.81. The highest BCUT2D eigenvalue weighted by molar-refractivity contribution is 5.95. The molecule has 1 amide bonds. The molecule has 1 aromatic carbocycles. The number of ether oxygens (including phenoxy) is 1. The summed E-state index contributed by atoms with van der Waals surface area (Å²) >= 11 is 0. The molecule has 1 aliphatic rings. The smallest absolute Gasteiger partial charge is 0.252 e. The van der Waals surface area contributed by atoms with Crippen molar-refractivity contribution in [3.63, 3.8) is 0 Å². The van der Waals surface area contributed by atoms with Gasteiger partial charge in [0.05, 0.1) is 11.2 Å². The number of rotatable bonds is 8. The molecule has 7 heteroatoms. The fraction of sp³-hybridized carbons (Fsp3) is 0.292. The Balaban J connectivity index is 1.56. The Labute approximate surface area is 180 Å². The van der Waals surface area contributed by atoms with E-state index in [9.17, 15) is 14.3 Å². The lowest BCUT2D eigenvalue weighted by molar-refractivity contribution is 0.0354. The van der Waals surface area contributed by atoms with Crippen LogP contribution in [0.15, 0.2) is 61.1 Å². The lowest BCUT2D eigenvalue weighted by atomic mass is 10.0. The first-order valence-corrected chi connectivity index (χ1v) is 10.2. The van der Waals surface area contributed by atoms with Crippen LogP contribution in [-0.4, -0.2) is 33.1 Å². The van der Waals surface area contributed by atoms with Crippen molar-refractivity contribution in [2.75, 3.05) is 6.54 Å². The molecule has 0 saturated heterocycles. The predicted molar refractivity (Wildman–Crippen MR) is 114 cm³/mol. The summed E-state index contributed by atoms with van der Waals surface area (Å²) in [5.74, 6) is -0.126. The largest absolute Gasteiger partial charge is 0.472 e. The molecule has 2 aromatic heterocycles. The van der Waals surface area contributed by atoms with Crippen LogP contribution < -0.4 is 10.1 Å². The fourth-order valence-electron chi connectivity index (χ4n) is 3.37. The van der Waals surface area contributed by atoms with Crippen LogP contribution in [0.3, 0.4) is 0 Å². The third-order valence-electron chi connectivity index (χ3n) is 5.46. The van der Waals surface area contributed by atoms with Crippen molar-refractivity contribution < 1.29 is 19.0 Å². The van der Waals surface area contributed by atoms with E-state index in [1.54, 1.807) is 37.5 Å². The zero-order valence-corrected chi connectivity index (χ0v) is 17.2. The van der Waals surface area contributed by atoms with Gasteiger partial charge < -0.3 is 15.2 Å². The van der Waals surface area contributed by atoms with E-state index in [1.165, 1.54) is 18.3 Å². The second-order valence-corrected chi connectivity index (χ2v) is 8.04. The zero-order valence-electron chi connectivity index (χ0n) is 17.2. The minimum atomic E-state index is -0.920. The van der Waals surface area contributed by atoms with Crippen molar-refractivity contribution in [3.05, 3.63) is 78.0 Å². The van der Waals surface area contributed by atoms with Crippen molar-refractivity contribution >= 4 is 5.91 Å². The molecule has 1 atom stereocenters. The molecule has 3 aromatic rings. The van der Waals surface area contributed by atoms with Gasteiger partial charge in [-0.15, -0.1) is 0 Å². The number of aliphatic hydroxyl groups is 1. The van der Waals surface area contributed by atoms with Gasteiger partial charge in [-0.2, -0.15) is 0 Å². The van der Waals surface area contributed by atoms with Crippen LogP contribution in [0.2, 0.25) is 0 Å². The lowest BCUT2D eigenvalue weighted by Crippen LogP contribution is -2.42. The van der Waals surface area contributed by atoms with E-state index >= 15 is 0 Å². The average Bonchev–Trinajstić information content (AvgIpc) is 3.64. The van der Waals surface area contributed by atoms with Crippen LogP contribution in [0, 0.1) is 11.7 Å². The SMILES string of the molecule is C[C@](O)(CNC(=O)c1cnc(OCc2ccncc2)c(-c2ccc(F)cc2)c1)C1CC1. The highest BCUT2D eigenvalue weighted by atomic mass is 19.1. The first-order chi connectivity index (χ1) is 14.9. The molecule has 0 spiro atoms. The van der Waals surface area contributed by atoms with Gasteiger partial charge in [0.2, 0.25) is 5.88 Å². The summed E-state index contributed by atoms with van der Waals surface area (Å²) in [6.07, 6.45) is 6.75. The molecular formula is C24H24FN3O3. The summed E-state index contributed by atoms with van der Waals surface area (Å²) in [5, 5.41) is 13.2. The normalized spacial score (nSPS) is 15.2. The van der Waals surface area contributed by atoms with Crippen LogP contribution in [0.5, 0.6) is 5.88 Å². The molecule has 2 heterocycles. The topological polar surface area (TPSA) is 84.3 Å². The fourth-order valence-corrected chi connectivity index (χ4v) is 3.37. The monoisotopic (exact) mass is 421 g/mol. The molecule has 2 N–H and O–H groups in total. The van der Waals surface area contributed by atoms with Gasteiger partial charge in [0.1, 0.15) is 12.4 Å². The maximum atomic E-state index is 13.4. The van der Waals surface area contributed by atoms with Crippen molar-refractivity contribution in [3.8, 4) is 17.0 Å². The van der Waals surface area contributed by atoms with Gasteiger partial charge in [0, 0.05) is 30.7 Å². The molecule has 0 unspecified atom stereocenters. The van der Waals surface area contributed by atoms with Gasteiger partial charge in [-0.25, -0.2) is 9.37 Å². The van der Waals surface area contributed by atoms with Crippen LogP contribution in [0.1, 0.15) is 35.7 Å². The van der Waals surface area contributed by atoms with Crippen molar-refractivity contribution in [1.82, 2.24) is 15.3 Å². The number of hydrogen-bond donors (Lipinski definition) is 2.